The standard InChI is InChI=1S/C27H30N6O3/c1-17(34)29-26-8-6-21(13-28-26)19-5-7-24-20(12-19)4-3-10-32(24)27-23-14-31(18(2)35)11-9-25(23)33(30-27)22-15-36-16-22/h5-8,12-13,22H,3-4,9-11,14-16H2,1-2H3,(H,28,29,34). The molecule has 0 unspecified atom stereocenters. The number of carbonyl (C=O) groups excluding carboxylic acids is 2. The Labute approximate surface area is 210 Å². The van der Waals surface area contributed by atoms with E-state index in [0.29, 0.717) is 25.6 Å². The lowest BCUT2D eigenvalue weighted by molar-refractivity contribution is -0.129. The summed E-state index contributed by atoms with van der Waals surface area (Å²) < 4.78 is 7.63. The molecule has 0 aliphatic carbocycles. The fourth-order valence-corrected chi connectivity index (χ4v) is 5.40. The van der Waals surface area contributed by atoms with Crippen LogP contribution in [0.15, 0.2) is 36.5 Å². The van der Waals surface area contributed by atoms with Crippen molar-refractivity contribution in [2.24, 2.45) is 0 Å². The summed E-state index contributed by atoms with van der Waals surface area (Å²) in [4.78, 5) is 32.1. The molecule has 0 bridgehead atoms. The SMILES string of the molecule is CC(=O)Nc1ccc(-c2ccc3c(c2)CCCN3c2nn(C3COC3)c3c2CN(C(C)=O)CC3)cn1. The molecule has 0 atom stereocenters. The Morgan fingerprint density at radius 3 is 2.58 bits per heavy atom. The highest BCUT2D eigenvalue weighted by atomic mass is 16.5. The Morgan fingerprint density at radius 1 is 1.06 bits per heavy atom. The van der Waals surface area contributed by atoms with Crippen molar-refractivity contribution in [2.75, 3.05) is 36.5 Å². The van der Waals surface area contributed by atoms with Crippen LogP contribution in [0.3, 0.4) is 0 Å². The van der Waals surface area contributed by atoms with E-state index in [-0.39, 0.29) is 17.9 Å². The molecule has 6 rings (SSSR count). The predicted octanol–water partition coefficient (Wildman–Crippen LogP) is 3.46. The maximum Gasteiger partial charge on any atom is 0.222 e. The summed E-state index contributed by atoms with van der Waals surface area (Å²) in [7, 11) is 0. The number of aromatic nitrogens is 3. The highest BCUT2D eigenvalue weighted by Gasteiger charge is 2.34. The first-order chi connectivity index (χ1) is 17.5. The molecule has 1 aromatic carbocycles. The van der Waals surface area contributed by atoms with Crippen molar-refractivity contribution in [3.8, 4) is 11.1 Å². The average molecular weight is 487 g/mol. The number of anilines is 3. The topological polar surface area (TPSA) is 92.6 Å². The Kier molecular flexibility index (Phi) is 5.72. The van der Waals surface area contributed by atoms with Gasteiger partial charge in [-0.25, -0.2) is 4.98 Å². The van der Waals surface area contributed by atoms with Crippen LogP contribution in [0, 0.1) is 0 Å². The lowest BCUT2D eigenvalue weighted by Gasteiger charge is -2.33. The van der Waals surface area contributed by atoms with E-state index in [9.17, 15) is 9.59 Å². The molecule has 0 saturated carbocycles. The number of pyridine rings is 1. The summed E-state index contributed by atoms with van der Waals surface area (Å²) >= 11 is 0. The summed E-state index contributed by atoms with van der Waals surface area (Å²) in [5.41, 5.74) is 6.96. The van der Waals surface area contributed by atoms with Crippen LogP contribution in [0.25, 0.3) is 11.1 Å². The van der Waals surface area contributed by atoms with E-state index in [0.717, 1.165) is 54.9 Å². The highest BCUT2D eigenvalue weighted by molar-refractivity contribution is 5.87. The van der Waals surface area contributed by atoms with Gasteiger partial charge < -0.3 is 19.9 Å². The molecule has 3 aromatic rings. The predicted molar refractivity (Wildman–Crippen MR) is 136 cm³/mol. The molecule has 2 aromatic heterocycles. The second kappa shape index (κ2) is 9.05. The van der Waals surface area contributed by atoms with Gasteiger partial charge >= 0.3 is 0 Å². The number of hydrogen-bond acceptors (Lipinski definition) is 6. The third kappa shape index (κ3) is 4.03. The molecule has 0 radical (unpaired) electrons. The molecule has 3 aliphatic heterocycles. The fourth-order valence-electron chi connectivity index (χ4n) is 5.40. The van der Waals surface area contributed by atoms with Crippen molar-refractivity contribution >= 4 is 29.1 Å². The molecular formula is C27H30N6O3. The molecule has 9 heteroatoms. The van der Waals surface area contributed by atoms with Crippen molar-refractivity contribution in [1.82, 2.24) is 19.7 Å². The van der Waals surface area contributed by atoms with Crippen LogP contribution < -0.4 is 10.2 Å². The number of ether oxygens (including phenoxy) is 1. The van der Waals surface area contributed by atoms with Crippen molar-refractivity contribution in [2.45, 2.75) is 45.7 Å². The van der Waals surface area contributed by atoms with E-state index in [1.165, 1.54) is 23.9 Å². The Balaban J connectivity index is 1.35. The second-order valence-corrected chi connectivity index (χ2v) is 9.79. The first-order valence-corrected chi connectivity index (χ1v) is 12.6. The van der Waals surface area contributed by atoms with Gasteiger partial charge in [-0.15, -0.1) is 0 Å². The van der Waals surface area contributed by atoms with Crippen LogP contribution in [0.2, 0.25) is 0 Å². The lowest BCUT2D eigenvalue weighted by Crippen LogP contribution is -2.37. The minimum atomic E-state index is -0.134. The summed E-state index contributed by atoms with van der Waals surface area (Å²) in [6, 6.07) is 10.6. The third-order valence-electron chi connectivity index (χ3n) is 7.33. The minimum Gasteiger partial charge on any atom is -0.377 e. The van der Waals surface area contributed by atoms with Gasteiger partial charge in [0.05, 0.1) is 25.8 Å². The number of aryl methyl sites for hydroxylation is 1. The van der Waals surface area contributed by atoms with Gasteiger partial charge in [-0.3, -0.25) is 14.3 Å². The summed E-state index contributed by atoms with van der Waals surface area (Å²) in [5.74, 6) is 1.49. The molecule has 5 heterocycles. The maximum atomic E-state index is 12.2. The lowest BCUT2D eigenvalue weighted by atomic mass is 9.96. The number of hydrogen-bond donors (Lipinski definition) is 1. The van der Waals surface area contributed by atoms with Crippen LogP contribution in [0.4, 0.5) is 17.3 Å². The summed E-state index contributed by atoms with van der Waals surface area (Å²) in [6.07, 6.45) is 4.64. The normalized spacial score (nSPS) is 17.3. The molecule has 1 fully saturated rings. The molecule has 36 heavy (non-hydrogen) atoms. The van der Waals surface area contributed by atoms with E-state index < -0.39 is 0 Å². The third-order valence-corrected chi connectivity index (χ3v) is 7.33. The van der Waals surface area contributed by atoms with Gasteiger partial charge in [0, 0.05) is 62.1 Å². The van der Waals surface area contributed by atoms with Crippen LogP contribution in [-0.2, 0) is 33.7 Å². The van der Waals surface area contributed by atoms with Crippen LogP contribution in [0.1, 0.15) is 43.1 Å². The number of fused-ring (bicyclic) bond motifs is 2. The van der Waals surface area contributed by atoms with Crippen molar-refractivity contribution in [3.63, 3.8) is 0 Å². The number of carbonyl (C=O) groups is 2. The average Bonchev–Trinajstić information content (AvgIpc) is 3.20. The van der Waals surface area contributed by atoms with Crippen molar-refractivity contribution in [1.29, 1.82) is 0 Å². The molecule has 0 spiro atoms. The van der Waals surface area contributed by atoms with Crippen LogP contribution in [-0.4, -0.2) is 57.8 Å². The zero-order valence-electron chi connectivity index (χ0n) is 20.7. The van der Waals surface area contributed by atoms with Crippen LogP contribution in [0.5, 0.6) is 0 Å². The Morgan fingerprint density at radius 2 is 1.89 bits per heavy atom. The molecule has 9 nitrogen and oxygen atoms in total. The van der Waals surface area contributed by atoms with Gasteiger partial charge in [0.25, 0.3) is 0 Å². The monoisotopic (exact) mass is 486 g/mol. The van der Waals surface area contributed by atoms with Crippen molar-refractivity contribution < 1.29 is 14.3 Å². The van der Waals surface area contributed by atoms with E-state index >= 15 is 0 Å². The van der Waals surface area contributed by atoms with E-state index in [1.807, 2.05) is 17.0 Å². The number of rotatable bonds is 4. The smallest absolute Gasteiger partial charge is 0.222 e. The molecule has 1 N–H and O–H groups in total. The van der Waals surface area contributed by atoms with Crippen molar-refractivity contribution in [3.05, 3.63) is 53.3 Å². The molecule has 1 saturated heterocycles. The molecule has 2 amide bonds. The fraction of sp³-hybridized carbons (Fsp3) is 0.407. The van der Waals surface area contributed by atoms with Gasteiger partial charge in [-0.2, -0.15) is 5.10 Å². The second-order valence-electron chi connectivity index (χ2n) is 9.79. The van der Waals surface area contributed by atoms with E-state index in [1.54, 1.807) is 13.1 Å². The molecule has 186 valence electrons. The number of benzene rings is 1. The largest absolute Gasteiger partial charge is 0.377 e. The zero-order valence-corrected chi connectivity index (χ0v) is 20.7. The Hall–Kier alpha value is -3.72. The first kappa shape index (κ1) is 22.7. The van der Waals surface area contributed by atoms with Crippen LogP contribution >= 0.6 is 0 Å². The van der Waals surface area contributed by atoms with Gasteiger partial charge in [-0.1, -0.05) is 6.07 Å². The zero-order chi connectivity index (χ0) is 24.8. The summed E-state index contributed by atoms with van der Waals surface area (Å²) in [5, 5.41) is 7.84. The minimum absolute atomic E-state index is 0.105. The van der Waals surface area contributed by atoms with Gasteiger partial charge in [-0.05, 0) is 48.2 Å². The molecule has 3 aliphatic rings. The number of nitrogens with zero attached hydrogens (tertiary/aromatic N) is 5. The quantitative estimate of drug-likeness (QED) is 0.607. The first-order valence-electron chi connectivity index (χ1n) is 12.6. The van der Waals surface area contributed by atoms with E-state index in [2.05, 4.69) is 38.1 Å². The summed E-state index contributed by atoms with van der Waals surface area (Å²) in [6.45, 7) is 6.73. The van der Waals surface area contributed by atoms with Gasteiger partial charge in [0.2, 0.25) is 11.8 Å². The van der Waals surface area contributed by atoms with E-state index in [4.69, 9.17) is 9.84 Å². The molecular weight excluding hydrogens is 456 g/mol. The number of amides is 2. The van der Waals surface area contributed by atoms with Gasteiger partial charge in [0.1, 0.15) is 5.82 Å². The maximum absolute atomic E-state index is 12.2. The highest BCUT2D eigenvalue weighted by Crippen LogP contribution is 2.40. The Bertz CT molecular complexity index is 1330. The van der Waals surface area contributed by atoms with Gasteiger partial charge in [0.15, 0.2) is 5.82 Å². The number of nitrogens with one attached hydrogen (secondary N) is 1.